The number of phenolic OH excluding ortho intramolecular Hbond substituents is 2. The van der Waals surface area contributed by atoms with Crippen LogP contribution in [0.25, 0.3) is 0 Å². The van der Waals surface area contributed by atoms with Crippen LogP contribution in [0.3, 0.4) is 0 Å². The number of hydrogen-bond acceptors (Lipinski definition) is 6. The Kier molecular flexibility index (Phi) is 7.31. The zero-order valence-corrected chi connectivity index (χ0v) is 15.4. The second kappa shape index (κ2) is 11.3. The summed E-state index contributed by atoms with van der Waals surface area (Å²) in [7, 11) is 0. The SMILES string of the molecule is [2H][C@H](c1cccc(O)c1)[C@H](NC(C)=O)C(=O)O.[2H][C@H](c1cccc(O)c1)[C@]([2H])(N)C(=O)O. The number of nitrogens with one attached hydrogen (secondary N) is 1. The summed E-state index contributed by atoms with van der Waals surface area (Å²) in [5, 5.41) is 38.1. The predicted octanol–water partition coefficient (Wildman–Crippen LogP) is 0.871. The van der Waals surface area contributed by atoms with Crippen LogP contribution in [0.5, 0.6) is 11.5 Å². The highest BCUT2D eigenvalue weighted by molar-refractivity contribution is 5.82. The van der Waals surface area contributed by atoms with E-state index in [1.165, 1.54) is 55.5 Å². The minimum Gasteiger partial charge on any atom is -0.508 e. The maximum absolute atomic E-state index is 10.9. The molecule has 0 aliphatic carbocycles. The first-order valence-corrected chi connectivity index (χ1v) is 8.21. The standard InChI is InChI=1S/C11H13NO4.C9H11NO3/c1-7(13)12-10(11(15)16)6-8-3-2-4-9(14)5-8;10-8(9(12)13)5-6-2-1-3-7(11)4-6/h2-5,10,14H,6H2,1H3,(H,12,13)(H,15,16);1-4,8,11H,5,10H2,(H,12,13)/t10-;8-/m00/s1/i6D;5D,8D/t6-,10+;5-,8+/m11. The van der Waals surface area contributed by atoms with Gasteiger partial charge < -0.3 is 31.5 Å². The number of amides is 1. The van der Waals surface area contributed by atoms with Gasteiger partial charge in [-0.05, 0) is 41.8 Å². The van der Waals surface area contributed by atoms with Crippen LogP contribution in [0, 0.1) is 0 Å². The summed E-state index contributed by atoms with van der Waals surface area (Å²) >= 11 is 0. The summed E-state index contributed by atoms with van der Waals surface area (Å²) in [6.45, 7) is 1.19. The van der Waals surface area contributed by atoms with Crippen molar-refractivity contribution in [3.8, 4) is 11.5 Å². The van der Waals surface area contributed by atoms with E-state index in [0.717, 1.165) is 0 Å². The molecule has 0 aliphatic heterocycles. The van der Waals surface area contributed by atoms with E-state index in [9.17, 15) is 19.5 Å². The fraction of sp³-hybridized carbons (Fsp3) is 0.250. The third kappa shape index (κ3) is 9.25. The lowest BCUT2D eigenvalue weighted by atomic mass is 10.1. The zero-order chi connectivity index (χ0) is 24.6. The van der Waals surface area contributed by atoms with E-state index in [2.05, 4.69) is 5.32 Å². The van der Waals surface area contributed by atoms with Gasteiger partial charge in [0.15, 0.2) is 0 Å². The third-order valence-electron chi connectivity index (χ3n) is 3.29. The number of carboxylic acid groups (broad SMARTS) is 2. The smallest absolute Gasteiger partial charge is 0.326 e. The molecule has 0 aliphatic rings. The van der Waals surface area contributed by atoms with Crippen molar-refractivity contribution >= 4 is 17.8 Å². The lowest BCUT2D eigenvalue weighted by molar-refractivity contribution is -0.141. The van der Waals surface area contributed by atoms with Crippen LogP contribution in [-0.2, 0) is 27.2 Å². The first kappa shape index (κ1) is 18.8. The van der Waals surface area contributed by atoms with Crippen molar-refractivity contribution in [1.82, 2.24) is 5.32 Å². The molecule has 7 N–H and O–H groups in total. The van der Waals surface area contributed by atoms with E-state index in [-0.39, 0.29) is 17.1 Å². The molecular weight excluding hydrogens is 380 g/mol. The first-order valence-electron chi connectivity index (χ1n) is 9.87. The number of rotatable bonds is 7. The molecule has 0 heterocycles. The molecule has 0 bridgehead atoms. The molecule has 0 spiro atoms. The second-order valence-corrected chi connectivity index (χ2v) is 5.78. The van der Waals surface area contributed by atoms with E-state index >= 15 is 0 Å². The highest BCUT2D eigenvalue weighted by Gasteiger charge is 2.18. The van der Waals surface area contributed by atoms with Crippen LogP contribution in [0.4, 0.5) is 0 Å². The number of aliphatic carboxylic acids is 2. The first-order chi connectivity index (χ1) is 14.8. The van der Waals surface area contributed by atoms with Crippen molar-refractivity contribution < 1.29 is 38.9 Å². The van der Waals surface area contributed by atoms with Crippen LogP contribution < -0.4 is 11.1 Å². The molecule has 0 saturated carbocycles. The third-order valence-corrected chi connectivity index (χ3v) is 3.29. The van der Waals surface area contributed by atoms with Crippen molar-refractivity contribution in [2.75, 3.05) is 0 Å². The van der Waals surface area contributed by atoms with Gasteiger partial charge in [0.2, 0.25) is 5.91 Å². The molecule has 2 rings (SSSR count). The van der Waals surface area contributed by atoms with E-state index in [4.69, 9.17) is 25.2 Å². The minimum absolute atomic E-state index is 0.0493. The lowest BCUT2D eigenvalue weighted by Crippen LogP contribution is -2.41. The quantitative estimate of drug-likeness (QED) is 0.392. The molecule has 2 aromatic rings. The highest BCUT2D eigenvalue weighted by Crippen LogP contribution is 2.13. The number of aromatic hydroxyl groups is 2. The number of nitrogens with two attached hydrogens (primary N) is 1. The van der Waals surface area contributed by atoms with Gasteiger partial charge in [0.1, 0.15) is 23.6 Å². The predicted molar refractivity (Wildman–Crippen MR) is 104 cm³/mol. The number of hydrogen-bond donors (Lipinski definition) is 6. The molecule has 2 aromatic carbocycles. The Labute approximate surface area is 171 Å². The number of benzene rings is 2. The molecular formula is C20H24N2O7. The minimum atomic E-state index is -2.42. The summed E-state index contributed by atoms with van der Waals surface area (Å²) < 4.78 is 22.6. The van der Waals surface area contributed by atoms with Gasteiger partial charge in [-0.3, -0.25) is 9.59 Å². The van der Waals surface area contributed by atoms with Gasteiger partial charge in [0, 0.05) is 16.1 Å². The van der Waals surface area contributed by atoms with Crippen molar-refractivity contribution in [1.29, 1.82) is 0 Å². The summed E-state index contributed by atoms with van der Waals surface area (Å²) in [6.07, 6.45) is -2.63. The maximum atomic E-state index is 10.9. The van der Waals surface area contributed by atoms with Crippen LogP contribution in [0.15, 0.2) is 48.5 Å². The molecule has 9 nitrogen and oxygen atoms in total. The molecule has 1 amide bonds. The van der Waals surface area contributed by atoms with Crippen LogP contribution >= 0.6 is 0 Å². The maximum Gasteiger partial charge on any atom is 0.326 e. The Morgan fingerprint density at radius 2 is 1.48 bits per heavy atom. The van der Waals surface area contributed by atoms with Gasteiger partial charge in [-0.1, -0.05) is 24.3 Å². The van der Waals surface area contributed by atoms with Crippen molar-refractivity contribution in [3.05, 3.63) is 59.7 Å². The fourth-order valence-electron chi connectivity index (χ4n) is 2.07. The van der Waals surface area contributed by atoms with E-state index in [1.54, 1.807) is 0 Å². The van der Waals surface area contributed by atoms with Gasteiger partial charge >= 0.3 is 11.9 Å². The number of phenols is 2. The Morgan fingerprint density at radius 1 is 1.00 bits per heavy atom. The Hall–Kier alpha value is -3.59. The largest absolute Gasteiger partial charge is 0.508 e. The van der Waals surface area contributed by atoms with Gasteiger partial charge in [0.25, 0.3) is 0 Å². The zero-order valence-electron chi connectivity index (χ0n) is 18.4. The highest BCUT2D eigenvalue weighted by atomic mass is 16.4. The normalized spacial score (nSPS) is 16.8. The van der Waals surface area contributed by atoms with Crippen molar-refractivity contribution in [2.45, 2.75) is 31.8 Å². The second-order valence-electron chi connectivity index (χ2n) is 5.78. The van der Waals surface area contributed by atoms with Crippen LogP contribution in [-0.4, -0.2) is 50.3 Å². The molecule has 0 fully saturated rings. The van der Waals surface area contributed by atoms with Crippen LogP contribution in [0.2, 0.25) is 0 Å². The summed E-state index contributed by atoms with van der Waals surface area (Å²) in [5.74, 6) is -3.53. The van der Waals surface area contributed by atoms with Crippen molar-refractivity contribution in [3.63, 3.8) is 0 Å². The average Bonchev–Trinajstić information content (AvgIpc) is 2.71. The van der Waals surface area contributed by atoms with Gasteiger partial charge in [-0.25, -0.2) is 4.79 Å². The summed E-state index contributed by atoms with van der Waals surface area (Å²) in [4.78, 5) is 32.4. The number of carbonyl (C=O) groups excluding carboxylic acids is 1. The number of carbonyl (C=O) groups is 3. The van der Waals surface area contributed by atoms with Gasteiger partial charge in [-0.15, -0.1) is 0 Å². The molecule has 0 saturated heterocycles. The Morgan fingerprint density at radius 3 is 1.86 bits per heavy atom. The topological polar surface area (TPSA) is 170 Å². The van der Waals surface area contributed by atoms with Crippen molar-refractivity contribution in [2.24, 2.45) is 5.73 Å². The Bertz CT molecular complexity index is 972. The molecule has 156 valence electrons. The average molecular weight is 407 g/mol. The summed E-state index contributed by atoms with van der Waals surface area (Å²) in [6, 6.07) is 7.51. The molecule has 4 atom stereocenters. The molecule has 29 heavy (non-hydrogen) atoms. The summed E-state index contributed by atoms with van der Waals surface area (Å²) in [5.41, 5.74) is 5.70. The Balaban J connectivity index is 0.000000323. The van der Waals surface area contributed by atoms with Gasteiger partial charge in [-0.2, -0.15) is 0 Å². The number of carboxylic acids is 2. The molecule has 0 radical (unpaired) electrons. The molecule has 9 heteroatoms. The lowest BCUT2D eigenvalue weighted by Gasteiger charge is -2.13. The fourth-order valence-corrected chi connectivity index (χ4v) is 2.07. The van der Waals surface area contributed by atoms with E-state index in [1.807, 2.05) is 0 Å². The van der Waals surface area contributed by atoms with E-state index < -0.39 is 42.7 Å². The molecule has 0 aromatic heterocycles. The van der Waals surface area contributed by atoms with Gasteiger partial charge in [0.05, 0.1) is 1.37 Å². The van der Waals surface area contributed by atoms with Crippen LogP contribution in [0.1, 0.15) is 22.2 Å². The monoisotopic (exact) mass is 407 g/mol. The van der Waals surface area contributed by atoms with E-state index in [0.29, 0.717) is 5.56 Å². The molecule has 0 unspecified atom stereocenters.